The van der Waals surface area contributed by atoms with Crippen LogP contribution in [0.5, 0.6) is 0 Å². The lowest BCUT2D eigenvalue weighted by atomic mass is 9.93. The van der Waals surface area contributed by atoms with Crippen molar-refractivity contribution in [3.63, 3.8) is 0 Å². The standard InChI is InChI=1S/C20H19FN4O3/c1-11-10-17(25-28-11)22-20(26)19-12(2)18-15(4-3-5-16(18)27-19)24-23-14-8-6-13(21)7-9-14/h6-10,23H,3-5H2,1-2H3,(H,22,25,26)/b24-15+. The van der Waals surface area contributed by atoms with Crippen molar-refractivity contribution >= 4 is 23.1 Å². The lowest BCUT2D eigenvalue weighted by molar-refractivity contribution is 0.0993. The first-order valence-electron chi connectivity index (χ1n) is 8.96. The maximum Gasteiger partial charge on any atom is 0.292 e. The predicted molar refractivity (Wildman–Crippen MR) is 102 cm³/mol. The van der Waals surface area contributed by atoms with Gasteiger partial charge >= 0.3 is 0 Å². The average molecular weight is 382 g/mol. The normalized spacial score (nSPS) is 14.8. The van der Waals surface area contributed by atoms with E-state index < -0.39 is 0 Å². The number of aromatic nitrogens is 1. The van der Waals surface area contributed by atoms with Gasteiger partial charge in [-0.3, -0.25) is 10.2 Å². The number of carbonyl (C=O) groups excluding carboxylic acids is 1. The van der Waals surface area contributed by atoms with Gasteiger partial charge in [0.2, 0.25) is 0 Å². The van der Waals surface area contributed by atoms with Crippen molar-refractivity contribution in [1.82, 2.24) is 5.16 Å². The number of furan rings is 1. The second-order valence-electron chi connectivity index (χ2n) is 6.66. The van der Waals surface area contributed by atoms with Crippen molar-refractivity contribution < 1.29 is 18.1 Å². The summed E-state index contributed by atoms with van der Waals surface area (Å²) in [6.07, 6.45) is 2.36. The van der Waals surface area contributed by atoms with Crippen molar-refractivity contribution in [3.05, 3.63) is 64.6 Å². The maximum absolute atomic E-state index is 13.0. The molecule has 0 saturated carbocycles. The Labute approximate surface area is 160 Å². The van der Waals surface area contributed by atoms with Crippen LogP contribution < -0.4 is 10.7 Å². The number of hydrazone groups is 1. The lowest BCUT2D eigenvalue weighted by Gasteiger charge is -2.13. The number of anilines is 2. The third-order valence-corrected chi connectivity index (χ3v) is 4.57. The summed E-state index contributed by atoms with van der Waals surface area (Å²) in [5, 5.41) is 10.9. The first-order valence-corrected chi connectivity index (χ1v) is 8.96. The molecule has 3 aromatic rings. The minimum absolute atomic E-state index is 0.238. The maximum atomic E-state index is 13.0. The average Bonchev–Trinajstić information content (AvgIpc) is 3.24. The van der Waals surface area contributed by atoms with Gasteiger partial charge in [0, 0.05) is 23.6 Å². The van der Waals surface area contributed by atoms with Crippen molar-refractivity contribution in [2.24, 2.45) is 5.10 Å². The smallest absolute Gasteiger partial charge is 0.292 e. The Kier molecular flexibility index (Phi) is 4.68. The summed E-state index contributed by atoms with van der Waals surface area (Å²) in [5.74, 6) is 1.23. The van der Waals surface area contributed by atoms with E-state index in [0.29, 0.717) is 17.3 Å². The van der Waals surface area contributed by atoms with Crippen molar-refractivity contribution in [2.75, 3.05) is 10.7 Å². The molecule has 0 fully saturated rings. The Morgan fingerprint density at radius 1 is 1.21 bits per heavy atom. The van der Waals surface area contributed by atoms with E-state index in [1.54, 1.807) is 25.1 Å². The van der Waals surface area contributed by atoms with Gasteiger partial charge in [0.1, 0.15) is 17.3 Å². The molecule has 1 aliphatic carbocycles. The van der Waals surface area contributed by atoms with Gasteiger partial charge in [-0.15, -0.1) is 0 Å². The van der Waals surface area contributed by atoms with E-state index in [9.17, 15) is 9.18 Å². The molecule has 0 bridgehead atoms. The van der Waals surface area contributed by atoms with Gasteiger partial charge in [0.15, 0.2) is 11.6 Å². The van der Waals surface area contributed by atoms with Crippen LogP contribution in [0.4, 0.5) is 15.9 Å². The first kappa shape index (κ1) is 18.0. The minimum Gasteiger partial charge on any atom is -0.455 e. The Bertz CT molecular complexity index is 1050. The topological polar surface area (TPSA) is 92.7 Å². The molecule has 1 aliphatic rings. The van der Waals surface area contributed by atoms with Crippen LogP contribution in [0.3, 0.4) is 0 Å². The SMILES string of the molecule is Cc1cc(NC(=O)c2oc3c(c2C)/C(=N/Nc2ccc(F)cc2)CCC3)no1. The summed E-state index contributed by atoms with van der Waals surface area (Å²) in [6.45, 7) is 3.58. The summed E-state index contributed by atoms with van der Waals surface area (Å²) >= 11 is 0. The van der Waals surface area contributed by atoms with Crippen molar-refractivity contribution in [2.45, 2.75) is 33.1 Å². The molecular weight excluding hydrogens is 363 g/mol. The van der Waals surface area contributed by atoms with Crippen LogP contribution in [0.15, 0.2) is 44.4 Å². The van der Waals surface area contributed by atoms with Gasteiger partial charge in [-0.05, 0) is 51.0 Å². The van der Waals surface area contributed by atoms with Gasteiger partial charge in [-0.25, -0.2) is 4.39 Å². The first-order chi connectivity index (χ1) is 13.5. The number of rotatable bonds is 4. The number of benzene rings is 1. The summed E-state index contributed by atoms with van der Waals surface area (Å²) < 4.78 is 23.9. The summed E-state index contributed by atoms with van der Waals surface area (Å²) in [5.41, 5.74) is 6.02. The quantitative estimate of drug-likeness (QED) is 0.651. The molecule has 0 unspecified atom stereocenters. The number of nitrogens with one attached hydrogen (secondary N) is 2. The lowest BCUT2D eigenvalue weighted by Crippen LogP contribution is -2.14. The zero-order valence-corrected chi connectivity index (χ0v) is 15.5. The number of hydrogen-bond acceptors (Lipinski definition) is 6. The second kappa shape index (κ2) is 7.30. The molecule has 8 heteroatoms. The van der Waals surface area contributed by atoms with Gasteiger partial charge in [0.25, 0.3) is 5.91 Å². The molecule has 2 aromatic heterocycles. The van der Waals surface area contributed by atoms with Gasteiger partial charge in [0.05, 0.1) is 11.4 Å². The monoisotopic (exact) mass is 382 g/mol. The van der Waals surface area contributed by atoms with E-state index in [1.165, 1.54) is 12.1 Å². The fourth-order valence-electron chi connectivity index (χ4n) is 3.25. The number of amides is 1. The fraction of sp³-hybridized carbons (Fsp3) is 0.250. The zero-order valence-electron chi connectivity index (χ0n) is 15.5. The molecule has 0 radical (unpaired) electrons. The number of carbonyl (C=O) groups is 1. The molecule has 2 heterocycles. The van der Waals surface area contributed by atoms with Gasteiger partial charge < -0.3 is 14.3 Å². The Balaban J connectivity index is 1.59. The van der Waals surface area contributed by atoms with Crippen LogP contribution in [-0.2, 0) is 6.42 Å². The predicted octanol–water partition coefficient (Wildman–Crippen LogP) is 4.43. The molecule has 0 atom stereocenters. The zero-order chi connectivity index (χ0) is 19.7. The Morgan fingerprint density at radius 2 is 2.00 bits per heavy atom. The van der Waals surface area contributed by atoms with Crippen LogP contribution in [0.25, 0.3) is 0 Å². The van der Waals surface area contributed by atoms with Crippen LogP contribution in [-0.4, -0.2) is 16.8 Å². The van der Waals surface area contributed by atoms with E-state index in [2.05, 4.69) is 21.0 Å². The second-order valence-corrected chi connectivity index (χ2v) is 6.66. The third kappa shape index (κ3) is 3.53. The van der Waals surface area contributed by atoms with Crippen molar-refractivity contribution in [3.8, 4) is 0 Å². The summed E-state index contributed by atoms with van der Waals surface area (Å²) in [6, 6.07) is 7.60. The molecule has 0 saturated heterocycles. The molecular formula is C20H19FN4O3. The molecule has 1 aromatic carbocycles. The van der Waals surface area contributed by atoms with E-state index >= 15 is 0 Å². The number of nitrogens with zero attached hydrogens (tertiary/aromatic N) is 2. The number of fused-ring (bicyclic) bond motifs is 1. The summed E-state index contributed by atoms with van der Waals surface area (Å²) in [7, 11) is 0. The fourth-order valence-corrected chi connectivity index (χ4v) is 3.25. The van der Waals surface area contributed by atoms with Gasteiger partial charge in [-0.1, -0.05) is 5.16 Å². The van der Waals surface area contributed by atoms with Crippen LogP contribution in [0, 0.1) is 19.7 Å². The highest BCUT2D eigenvalue weighted by atomic mass is 19.1. The van der Waals surface area contributed by atoms with E-state index in [-0.39, 0.29) is 17.5 Å². The highest BCUT2D eigenvalue weighted by Gasteiger charge is 2.28. The Hall–Kier alpha value is -3.42. The largest absolute Gasteiger partial charge is 0.455 e. The van der Waals surface area contributed by atoms with Gasteiger partial charge in [-0.2, -0.15) is 5.10 Å². The Morgan fingerprint density at radius 3 is 2.71 bits per heavy atom. The highest BCUT2D eigenvalue weighted by molar-refractivity contribution is 6.09. The van der Waals surface area contributed by atoms with E-state index in [0.717, 1.165) is 41.9 Å². The van der Waals surface area contributed by atoms with Crippen LogP contribution in [0.1, 0.15) is 46.0 Å². The molecule has 0 spiro atoms. The third-order valence-electron chi connectivity index (χ3n) is 4.57. The number of halogens is 1. The molecule has 2 N–H and O–H groups in total. The van der Waals surface area contributed by atoms with Crippen LogP contribution in [0.2, 0.25) is 0 Å². The van der Waals surface area contributed by atoms with E-state index in [1.807, 2.05) is 6.92 Å². The highest BCUT2D eigenvalue weighted by Crippen LogP contribution is 2.30. The molecule has 0 aliphatic heterocycles. The summed E-state index contributed by atoms with van der Waals surface area (Å²) in [4.78, 5) is 12.6. The minimum atomic E-state index is -0.383. The van der Waals surface area contributed by atoms with Crippen molar-refractivity contribution in [1.29, 1.82) is 0 Å². The molecule has 144 valence electrons. The number of hydrogen-bond donors (Lipinski definition) is 2. The molecule has 1 amide bonds. The molecule has 4 rings (SSSR count). The van der Waals surface area contributed by atoms with Crippen LogP contribution >= 0.6 is 0 Å². The molecule has 7 nitrogen and oxygen atoms in total. The van der Waals surface area contributed by atoms with E-state index in [4.69, 9.17) is 8.94 Å². The number of aryl methyl sites for hydroxylation is 2. The molecule has 28 heavy (non-hydrogen) atoms.